The van der Waals surface area contributed by atoms with Crippen molar-refractivity contribution in [3.05, 3.63) is 22.1 Å². The normalized spacial score (nSPS) is 12.6. The lowest BCUT2D eigenvalue weighted by Crippen LogP contribution is -2.25. The third kappa shape index (κ3) is 6.21. The summed E-state index contributed by atoms with van der Waals surface area (Å²) in [6, 6.07) is 2.11. The number of aryl methyl sites for hydroxylation is 1. The van der Waals surface area contributed by atoms with Gasteiger partial charge in [-0.25, -0.2) is 4.98 Å². The maximum atomic E-state index is 11.2. The highest BCUT2D eigenvalue weighted by Crippen LogP contribution is 2.14. The lowest BCUT2D eigenvalue weighted by Gasteiger charge is -2.11. The molecule has 0 aliphatic carbocycles. The van der Waals surface area contributed by atoms with Crippen LogP contribution in [0, 0.1) is 6.92 Å². The molecule has 102 valence electrons. The molecule has 0 saturated carbocycles. The maximum absolute atomic E-state index is 11.2. The predicted molar refractivity (Wildman–Crippen MR) is 77.3 cm³/mol. The van der Waals surface area contributed by atoms with Gasteiger partial charge in [0.15, 0.2) is 5.16 Å². The van der Waals surface area contributed by atoms with Gasteiger partial charge in [0.25, 0.3) is 5.56 Å². The van der Waals surface area contributed by atoms with E-state index in [1.165, 1.54) is 18.9 Å². The van der Waals surface area contributed by atoms with Gasteiger partial charge in [0, 0.05) is 23.6 Å². The highest BCUT2D eigenvalue weighted by Gasteiger charge is 2.01. The number of unbranched alkanes of at least 4 members (excludes halogenated alkanes) is 1. The highest BCUT2D eigenvalue weighted by molar-refractivity contribution is 7.99. The van der Waals surface area contributed by atoms with Crippen LogP contribution in [-0.2, 0) is 0 Å². The molecule has 5 heteroatoms. The second kappa shape index (κ2) is 8.32. The molecular formula is C13H23N3OS. The molecule has 0 fully saturated rings. The van der Waals surface area contributed by atoms with Crippen LogP contribution in [0.3, 0.4) is 0 Å². The number of nitrogens with one attached hydrogen (secondary N) is 2. The number of nitrogens with zero attached hydrogens (tertiary/aromatic N) is 1. The summed E-state index contributed by atoms with van der Waals surface area (Å²) in [6.45, 7) is 7.23. The minimum Gasteiger partial charge on any atom is -0.315 e. The van der Waals surface area contributed by atoms with E-state index >= 15 is 0 Å². The van der Waals surface area contributed by atoms with Gasteiger partial charge in [-0.2, -0.15) is 0 Å². The number of hydrogen-bond donors (Lipinski definition) is 2. The second-order valence-corrected chi connectivity index (χ2v) is 5.58. The minimum absolute atomic E-state index is 0.0641. The van der Waals surface area contributed by atoms with E-state index in [1.54, 1.807) is 11.8 Å². The number of aromatic nitrogens is 2. The average molecular weight is 269 g/mol. The van der Waals surface area contributed by atoms with E-state index in [4.69, 9.17) is 0 Å². The van der Waals surface area contributed by atoms with Gasteiger partial charge in [-0.05, 0) is 33.2 Å². The minimum atomic E-state index is -0.0641. The first-order valence-electron chi connectivity index (χ1n) is 6.56. The van der Waals surface area contributed by atoms with Crippen LogP contribution in [0.25, 0.3) is 0 Å². The molecule has 18 heavy (non-hydrogen) atoms. The first-order chi connectivity index (χ1) is 8.61. The van der Waals surface area contributed by atoms with Gasteiger partial charge in [-0.15, -0.1) is 0 Å². The molecule has 0 aromatic carbocycles. The van der Waals surface area contributed by atoms with Crippen molar-refractivity contribution in [2.75, 3.05) is 12.3 Å². The van der Waals surface area contributed by atoms with E-state index in [1.807, 2.05) is 6.92 Å². The quantitative estimate of drug-likeness (QED) is 0.432. The molecule has 0 aliphatic rings. The summed E-state index contributed by atoms with van der Waals surface area (Å²) < 4.78 is 0. The van der Waals surface area contributed by atoms with Crippen molar-refractivity contribution in [3.63, 3.8) is 0 Å². The van der Waals surface area contributed by atoms with E-state index < -0.39 is 0 Å². The van der Waals surface area contributed by atoms with E-state index in [-0.39, 0.29) is 5.56 Å². The Morgan fingerprint density at radius 1 is 1.50 bits per heavy atom. The standard InChI is InChI=1S/C13H23N3OS/c1-4-14-10(2)7-5-6-8-18-13-15-11(3)9-12(17)16-13/h9-10,14H,4-8H2,1-3H3,(H,15,16,17). The third-order valence-corrected chi connectivity index (χ3v) is 3.63. The fourth-order valence-electron chi connectivity index (χ4n) is 1.79. The Kier molecular flexibility index (Phi) is 7.05. The Balaban J connectivity index is 2.19. The summed E-state index contributed by atoms with van der Waals surface area (Å²) in [5.74, 6) is 1.01. The Labute approximate surface area is 113 Å². The van der Waals surface area contributed by atoms with Gasteiger partial charge in [0.1, 0.15) is 0 Å². The van der Waals surface area contributed by atoms with Crippen LogP contribution in [0.2, 0.25) is 0 Å². The summed E-state index contributed by atoms with van der Waals surface area (Å²) in [5.41, 5.74) is 0.716. The van der Waals surface area contributed by atoms with Gasteiger partial charge >= 0.3 is 0 Å². The molecule has 0 saturated heterocycles. The lowest BCUT2D eigenvalue weighted by atomic mass is 10.1. The van der Waals surface area contributed by atoms with Crippen LogP contribution in [-0.4, -0.2) is 28.3 Å². The zero-order valence-corrected chi connectivity index (χ0v) is 12.3. The summed E-state index contributed by atoms with van der Waals surface area (Å²) in [4.78, 5) is 18.3. The number of aromatic amines is 1. The molecular weight excluding hydrogens is 246 g/mol. The van der Waals surface area contributed by atoms with Crippen molar-refractivity contribution in [3.8, 4) is 0 Å². The SMILES string of the molecule is CCNC(C)CCCCSc1nc(C)cc(=O)[nH]1. The largest absolute Gasteiger partial charge is 0.315 e. The number of rotatable bonds is 8. The van der Waals surface area contributed by atoms with Gasteiger partial charge in [0.2, 0.25) is 0 Å². The smallest absolute Gasteiger partial charge is 0.251 e. The van der Waals surface area contributed by atoms with Crippen molar-refractivity contribution in [1.29, 1.82) is 0 Å². The van der Waals surface area contributed by atoms with Crippen molar-refractivity contribution in [2.45, 2.75) is 51.2 Å². The average Bonchev–Trinajstić information content (AvgIpc) is 2.27. The fourth-order valence-corrected chi connectivity index (χ4v) is 2.72. The fraction of sp³-hybridized carbons (Fsp3) is 0.692. The Morgan fingerprint density at radius 3 is 2.94 bits per heavy atom. The molecule has 0 spiro atoms. The van der Waals surface area contributed by atoms with Gasteiger partial charge in [-0.1, -0.05) is 25.1 Å². The molecule has 0 bridgehead atoms. The Morgan fingerprint density at radius 2 is 2.28 bits per heavy atom. The maximum Gasteiger partial charge on any atom is 0.251 e. The molecule has 1 aromatic rings. The van der Waals surface area contributed by atoms with Gasteiger partial charge < -0.3 is 10.3 Å². The number of thioether (sulfide) groups is 1. The topological polar surface area (TPSA) is 57.8 Å². The molecule has 2 N–H and O–H groups in total. The van der Waals surface area contributed by atoms with Crippen LogP contribution in [0.15, 0.2) is 16.0 Å². The van der Waals surface area contributed by atoms with E-state index in [0.717, 1.165) is 29.6 Å². The van der Waals surface area contributed by atoms with Crippen LogP contribution in [0.1, 0.15) is 38.8 Å². The Bertz CT molecular complexity index is 405. The molecule has 0 amide bonds. The molecule has 1 unspecified atom stereocenters. The van der Waals surface area contributed by atoms with Crippen LogP contribution in [0.5, 0.6) is 0 Å². The summed E-state index contributed by atoms with van der Waals surface area (Å²) in [7, 11) is 0. The van der Waals surface area contributed by atoms with E-state index in [9.17, 15) is 4.79 Å². The zero-order chi connectivity index (χ0) is 13.4. The first kappa shape index (κ1) is 15.2. The van der Waals surface area contributed by atoms with E-state index in [0.29, 0.717) is 6.04 Å². The molecule has 1 aromatic heterocycles. The van der Waals surface area contributed by atoms with Crippen LogP contribution in [0.4, 0.5) is 0 Å². The van der Waals surface area contributed by atoms with Crippen molar-refractivity contribution in [1.82, 2.24) is 15.3 Å². The molecule has 1 atom stereocenters. The van der Waals surface area contributed by atoms with E-state index in [2.05, 4.69) is 29.1 Å². The second-order valence-electron chi connectivity index (χ2n) is 4.49. The molecule has 4 nitrogen and oxygen atoms in total. The number of H-pyrrole nitrogens is 1. The van der Waals surface area contributed by atoms with Crippen molar-refractivity contribution < 1.29 is 0 Å². The van der Waals surface area contributed by atoms with Gasteiger partial charge in [0.05, 0.1) is 0 Å². The Hall–Kier alpha value is -0.810. The molecule has 1 rings (SSSR count). The van der Waals surface area contributed by atoms with Crippen LogP contribution < -0.4 is 10.9 Å². The summed E-state index contributed by atoms with van der Waals surface area (Å²) >= 11 is 1.63. The number of hydrogen-bond acceptors (Lipinski definition) is 4. The summed E-state index contributed by atoms with van der Waals surface area (Å²) in [6.07, 6.45) is 3.56. The highest BCUT2D eigenvalue weighted by atomic mass is 32.2. The predicted octanol–water partition coefficient (Wildman–Crippen LogP) is 2.34. The summed E-state index contributed by atoms with van der Waals surface area (Å²) in [5, 5.41) is 4.14. The molecule has 1 heterocycles. The van der Waals surface area contributed by atoms with Crippen molar-refractivity contribution >= 4 is 11.8 Å². The molecule has 0 radical (unpaired) electrons. The van der Waals surface area contributed by atoms with Crippen LogP contribution >= 0.6 is 11.8 Å². The zero-order valence-electron chi connectivity index (χ0n) is 11.5. The monoisotopic (exact) mass is 269 g/mol. The third-order valence-electron chi connectivity index (χ3n) is 2.67. The van der Waals surface area contributed by atoms with Crippen molar-refractivity contribution in [2.24, 2.45) is 0 Å². The first-order valence-corrected chi connectivity index (χ1v) is 7.54. The molecule has 0 aliphatic heterocycles. The van der Waals surface area contributed by atoms with Gasteiger partial charge in [-0.3, -0.25) is 4.79 Å². The lowest BCUT2D eigenvalue weighted by molar-refractivity contribution is 0.510.